The molecule has 2 aromatic rings. The Bertz CT molecular complexity index is 746. The van der Waals surface area contributed by atoms with Crippen LogP contribution < -0.4 is 16.4 Å². The van der Waals surface area contributed by atoms with Crippen LogP contribution in [0.4, 0.5) is 4.79 Å². The van der Waals surface area contributed by atoms with Crippen molar-refractivity contribution in [2.24, 2.45) is 5.73 Å². The van der Waals surface area contributed by atoms with Crippen molar-refractivity contribution in [2.45, 2.75) is 19.4 Å². The maximum absolute atomic E-state index is 11.8. The summed E-state index contributed by atoms with van der Waals surface area (Å²) in [5.41, 5.74) is 8.38. The zero-order valence-corrected chi connectivity index (χ0v) is 14.2. The van der Waals surface area contributed by atoms with E-state index < -0.39 is 12.0 Å². The molecule has 6 heteroatoms. The largest absolute Gasteiger partial charge is 0.387 e. The molecule has 0 aromatic heterocycles. The van der Waals surface area contributed by atoms with Crippen molar-refractivity contribution < 1.29 is 14.7 Å². The van der Waals surface area contributed by atoms with E-state index >= 15 is 0 Å². The number of benzene rings is 2. The Labute approximate surface area is 147 Å². The fourth-order valence-electron chi connectivity index (χ4n) is 2.52. The number of carbonyl (C=O) groups excluding carboxylic acids is 2. The van der Waals surface area contributed by atoms with Crippen molar-refractivity contribution in [1.29, 1.82) is 0 Å². The highest BCUT2D eigenvalue weighted by atomic mass is 16.3. The Morgan fingerprint density at radius 1 is 1.12 bits per heavy atom. The lowest BCUT2D eigenvalue weighted by Crippen LogP contribution is -2.38. The number of hydrogen-bond acceptors (Lipinski definition) is 3. The summed E-state index contributed by atoms with van der Waals surface area (Å²) in [5, 5.41) is 15.5. The third-order valence-corrected chi connectivity index (χ3v) is 3.91. The lowest BCUT2D eigenvalue weighted by Gasteiger charge is -2.15. The molecule has 0 heterocycles. The topological polar surface area (TPSA) is 104 Å². The summed E-state index contributed by atoms with van der Waals surface area (Å²) in [5.74, 6) is -0.474. The first-order valence-corrected chi connectivity index (χ1v) is 8.11. The van der Waals surface area contributed by atoms with Crippen molar-refractivity contribution in [1.82, 2.24) is 10.6 Å². The summed E-state index contributed by atoms with van der Waals surface area (Å²) in [6.45, 7) is 2.46. The van der Waals surface area contributed by atoms with Crippen molar-refractivity contribution in [3.05, 3.63) is 70.8 Å². The highest BCUT2D eigenvalue weighted by Crippen LogP contribution is 2.16. The molecule has 0 spiro atoms. The molecule has 5 N–H and O–H groups in total. The first-order chi connectivity index (χ1) is 12.0. The van der Waals surface area contributed by atoms with Gasteiger partial charge < -0.3 is 21.5 Å². The number of aliphatic hydroxyl groups is 1. The second-order valence-corrected chi connectivity index (χ2v) is 5.82. The van der Waals surface area contributed by atoms with Gasteiger partial charge >= 0.3 is 6.03 Å². The number of urea groups is 1. The number of rotatable bonds is 7. The van der Waals surface area contributed by atoms with E-state index in [0.29, 0.717) is 18.5 Å². The minimum atomic E-state index is -0.751. The van der Waals surface area contributed by atoms with Gasteiger partial charge in [0.15, 0.2) is 0 Å². The van der Waals surface area contributed by atoms with Gasteiger partial charge in [-0.2, -0.15) is 0 Å². The summed E-state index contributed by atoms with van der Waals surface area (Å²) in [6, 6.07) is 14.2. The maximum Gasteiger partial charge on any atom is 0.314 e. The van der Waals surface area contributed by atoms with Gasteiger partial charge in [-0.15, -0.1) is 0 Å². The fourth-order valence-corrected chi connectivity index (χ4v) is 2.52. The molecule has 0 fully saturated rings. The maximum atomic E-state index is 11.8. The van der Waals surface area contributed by atoms with Gasteiger partial charge in [0, 0.05) is 18.7 Å². The Morgan fingerprint density at radius 2 is 1.88 bits per heavy atom. The van der Waals surface area contributed by atoms with Crippen LogP contribution >= 0.6 is 0 Å². The lowest BCUT2D eigenvalue weighted by atomic mass is 10.0. The molecule has 132 valence electrons. The zero-order chi connectivity index (χ0) is 18.2. The van der Waals surface area contributed by atoms with Crippen molar-refractivity contribution >= 4 is 11.9 Å². The molecule has 1 atom stereocenters. The molecule has 0 aliphatic heterocycles. The SMILES string of the molecule is Cc1ccccc1[C@H](O)CNC(=O)NCCc1cccc(C(N)=O)c1. The van der Waals surface area contributed by atoms with Crippen molar-refractivity contribution in [2.75, 3.05) is 13.1 Å². The van der Waals surface area contributed by atoms with Gasteiger partial charge in [-0.3, -0.25) is 4.79 Å². The fraction of sp³-hybridized carbons (Fsp3) is 0.263. The van der Waals surface area contributed by atoms with E-state index in [9.17, 15) is 14.7 Å². The van der Waals surface area contributed by atoms with E-state index in [1.807, 2.05) is 37.3 Å². The van der Waals surface area contributed by atoms with Gasteiger partial charge in [-0.1, -0.05) is 36.4 Å². The van der Waals surface area contributed by atoms with Gasteiger partial charge in [-0.05, 0) is 42.2 Å². The summed E-state index contributed by atoms with van der Waals surface area (Å²) < 4.78 is 0. The minimum Gasteiger partial charge on any atom is -0.387 e. The quantitative estimate of drug-likeness (QED) is 0.616. The normalized spacial score (nSPS) is 11.6. The summed E-state index contributed by atoms with van der Waals surface area (Å²) in [7, 11) is 0. The average molecular weight is 341 g/mol. The Hall–Kier alpha value is -2.86. The van der Waals surface area contributed by atoms with Crippen LogP contribution in [0.2, 0.25) is 0 Å². The van der Waals surface area contributed by atoms with Gasteiger partial charge in [0.05, 0.1) is 6.10 Å². The first-order valence-electron chi connectivity index (χ1n) is 8.11. The smallest absolute Gasteiger partial charge is 0.314 e. The second kappa shape index (κ2) is 8.84. The van der Waals surface area contributed by atoms with Crippen LogP contribution in [0.5, 0.6) is 0 Å². The number of amides is 3. The first kappa shape index (κ1) is 18.5. The molecule has 3 amide bonds. The van der Waals surface area contributed by atoms with E-state index in [4.69, 9.17) is 5.73 Å². The predicted octanol–water partition coefficient (Wildman–Crippen LogP) is 1.67. The molecule has 0 unspecified atom stereocenters. The highest BCUT2D eigenvalue weighted by Gasteiger charge is 2.11. The molecule has 0 saturated heterocycles. The molecule has 0 aliphatic carbocycles. The number of hydrogen-bond donors (Lipinski definition) is 4. The highest BCUT2D eigenvalue weighted by molar-refractivity contribution is 5.92. The number of carbonyl (C=O) groups is 2. The molecular weight excluding hydrogens is 318 g/mol. The van der Waals surface area contributed by atoms with Crippen LogP contribution in [0.25, 0.3) is 0 Å². The van der Waals surface area contributed by atoms with E-state index in [1.54, 1.807) is 18.2 Å². The second-order valence-electron chi connectivity index (χ2n) is 5.82. The van der Waals surface area contributed by atoms with Gasteiger partial charge in [0.25, 0.3) is 0 Å². The average Bonchev–Trinajstić information content (AvgIpc) is 2.60. The zero-order valence-electron chi connectivity index (χ0n) is 14.2. The van der Waals surface area contributed by atoms with Gasteiger partial charge in [0.1, 0.15) is 0 Å². The Kier molecular flexibility index (Phi) is 6.54. The number of aliphatic hydroxyl groups excluding tert-OH is 1. The van der Waals surface area contributed by atoms with Gasteiger partial charge in [-0.25, -0.2) is 4.79 Å². The van der Waals surface area contributed by atoms with Gasteiger partial charge in [0.2, 0.25) is 5.91 Å². The molecule has 2 aromatic carbocycles. The lowest BCUT2D eigenvalue weighted by molar-refractivity contribution is 0.1000. The predicted molar refractivity (Wildman–Crippen MR) is 96.2 cm³/mol. The minimum absolute atomic E-state index is 0.133. The number of aryl methyl sites for hydroxylation is 1. The summed E-state index contributed by atoms with van der Waals surface area (Å²) >= 11 is 0. The summed E-state index contributed by atoms with van der Waals surface area (Å²) in [6.07, 6.45) is -0.172. The van der Waals surface area contributed by atoms with E-state index in [1.165, 1.54) is 0 Å². The van der Waals surface area contributed by atoms with Crippen molar-refractivity contribution in [3.8, 4) is 0 Å². The number of nitrogens with one attached hydrogen (secondary N) is 2. The molecule has 0 radical (unpaired) electrons. The van der Waals surface area contributed by atoms with E-state index in [0.717, 1.165) is 16.7 Å². The molecule has 0 saturated carbocycles. The molecule has 0 bridgehead atoms. The van der Waals surface area contributed by atoms with Crippen LogP contribution in [0.3, 0.4) is 0 Å². The van der Waals surface area contributed by atoms with E-state index in [-0.39, 0.29) is 12.6 Å². The van der Waals surface area contributed by atoms with Crippen LogP contribution in [-0.4, -0.2) is 30.1 Å². The van der Waals surface area contributed by atoms with Crippen molar-refractivity contribution in [3.63, 3.8) is 0 Å². The Balaban J connectivity index is 1.75. The number of nitrogens with two attached hydrogens (primary N) is 1. The molecule has 6 nitrogen and oxygen atoms in total. The summed E-state index contributed by atoms with van der Waals surface area (Å²) in [4.78, 5) is 23.0. The van der Waals surface area contributed by atoms with E-state index in [2.05, 4.69) is 10.6 Å². The monoisotopic (exact) mass is 341 g/mol. The number of primary amides is 1. The van der Waals surface area contributed by atoms with Crippen LogP contribution in [0.15, 0.2) is 48.5 Å². The third-order valence-electron chi connectivity index (χ3n) is 3.91. The molecule has 25 heavy (non-hydrogen) atoms. The molecular formula is C19H23N3O3. The third kappa shape index (κ3) is 5.61. The van der Waals surface area contributed by atoms with Crippen LogP contribution in [-0.2, 0) is 6.42 Å². The molecule has 0 aliphatic rings. The van der Waals surface area contributed by atoms with Crippen LogP contribution in [0.1, 0.15) is 33.2 Å². The van der Waals surface area contributed by atoms with Crippen LogP contribution in [0, 0.1) is 6.92 Å². The Morgan fingerprint density at radius 3 is 2.60 bits per heavy atom. The standard InChI is InChI=1S/C19H23N3O3/c1-13-5-2-3-8-16(13)17(23)12-22-19(25)21-10-9-14-6-4-7-15(11-14)18(20)24/h2-8,11,17,23H,9-10,12H2,1H3,(H2,20,24)(H2,21,22,25)/t17-/m1/s1. The molecule has 2 rings (SSSR count).